The summed E-state index contributed by atoms with van der Waals surface area (Å²) in [4.78, 5) is 18.0. The number of nitrogens with zero attached hydrogens (tertiary/aromatic N) is 4. The second kappa shape index (κ2) is 5.96. The van der Waals surface area contributed by atoms with Crippen molar-refractivity contribution in [1.82, 2.24) is 24.6 Å². The van der Waals surface area contributed by atoms with Crippen LogP contribution in [0.15, 0.2) is 24.5 Å². The Bertz CT molecular complexity index is 648. The van der Waals surface area contributed by atoms with Crippen LogP contribution in [0.5, 0.6) is 0 Å². The highest BCUT2D eigenvalue weighted by Crippen LogP contribution is 2.21. The molecule has 0 aliphatic rings. The number of carbonyl (C=O) groups is 1. The van der Waals surface area contributed by atoms with Gasteiger partial charge in [-0.15, -0.1) is 0 Å². The van der Waals surface area contributed by atoms with Crippen molar-refractivity contribution >= 4 is 18.1 Å². The van der Waals surface area contributed by atoms with E-state index in [4.69, 9.17) is 12.2 Å². The number of pyridine rings is 1. The maximum atomic E-state index is 12.3. The molecular formula is C13H17N5OS. The monoisotopic (exact) mass is 291 g/mol. The van der Waals surface area contributed by atoms with Gasteiger partial charge in [-0.05, 0) is 38.2 Å². The summed E-state index contributed by atoms with van der Waals surface area (Å²) >= 11 is 5.25. The highest BCUT2D eigenvalue weighted by Gasteiger charge is 2.22. The SMILES string of the molecule is CCN(C)C(=O)C(C)n1c(-c2ccncc2)n[nH]c1=S. The zero-order valence-corrected chi connectivity index (χ0v) is 12.5. The molecule has 6 nitrogen and oxygen atoms in total. The molecule has 0 bridgehead atoms. The van der Waals surface area contributed by atoms with E-state index in [1.165, 1.54) is 0 Å². The Balaban J connectivity index is 2.45. The largest absolute Gasteiger partial charge is 0.344 e. The zero-order valence-electron chi connectivity index (χ0n) is 11.7. The number of H-pyrrole nitrogens is 1. The minimum absolute atomic E-state index is 0.000283. The number of hydrogen-bond acceptors (Lipinski definition) is 4. The average molecular weight is 291 g/mol. The molecule has 0 aliphatic heterocycles. The maximum absolute atomic E-state index is 12.3. The van der Waals surface area contributed by atoms with E-state index in [1.807, 2.05) is 26.0 Å². The zero-order chi connectivity index (χ0) is 14.7. The molecule has 1 unspecified atom stereocenters. The standard InChI is InChI=1S/C13H17N5OS/c1-4-17(3)12(19)9(2)18-11(15-16-13(18)20)10-5-7-14-8-6-10/h5-9H,4H2,1-3H3,(H,16,20). The molecule has 2 heterocycles. The van der Waals surface area contributed by atoms with Gasteiger partial charge in [-0.3, -0.25) is 19.4 Å². The lowest BCUT2D eigenvalue weighted by Crippen LogP contribution is -2.33. The van der Waals surface area contributed by atoms with Crippen molar-refractivity contribution in [2.45, 2.75) is 19.9 Å². The second-order valence-corrected chi connectivity index (χ2v) is 4.87. The van der Waals surface area contributed by atoms with Gasteiger partial charge >= 0.3 is 0 Å². The van der Waals surface area contributed by atoms with Crippen molar-refractivity contribution < 1.29 is 4.79 Å². The van der Waals surface area contributed by atoms with Crippen molar-refractivity contribution in [1.29, 1.82) is 0 Å². The van der Waals surface area contributed by atoms with E-state index in [-0.39, 0.29) is 5.91 Å². The molecule has 20 heavy (non-hydrogen) atoms. The van der Waals surface area contributed by atoms with Crippen LogP contribution >= 0.6 is 12.2 Å². The third kappa shape index (κ3) is 2.62. The topological polar surface area (TPSA) is 66.8 Å². The predicted octanol–water partition coefficient (Wildman–Crippen LogP) is 2.04. The summed E-state index contributed by atoms with van der Waals surface area (Å²) in [7, 11) is 1.77. The summed E-state index contributed by atoms with van der Waals surface area (Å²) in [6.07, 6.45) is 3.37. The maximum Gasteiger partial charge on any atom is 0.245 e. The van der Waals surface area contributed by atoms with Crippen LogP contribution in [0.4, 0.5) is 0 Å². The molecule has 0 aromatic carbocycles. The number of aromatic nitrogens is 4. The number of hydrogen-bond donors (Lipinski definition) is 1. The number of aromatic amines is 1. The van der Waals surface area contributed by atoms with E-state index in [1.54, 1.807) is 28.9 Å². The Labute approximate surface area is 122 Å². The van der Waals surface area contributed by atoms with Crippen LogP contribution in [0.25, 0.3) is 11.4 Å². The van der Waals surface area contributed by atoms with Gasteiger partial charge < -0.3 is 4.90 Å². The quantitative estimate of drug-likeness (QED) is 0.875. The summed E-state index contributed by atoms with van der Waals surface area (Å²) < 4.78 is 2.17. The Kier molecular flexibility index (Phi) is 4.29. The molecule has 0 fully saturated rings. The summed E-state index contributed by atoms with van der Waals surface area (Å²) in [6.45, 7) is 4.41. The van der Waals surface area contributed by atoms with E-state index in [0.717, 1.165) is 5.56 Å². The van der Waals surface area contributed by atoms with Gasteiger partial charge in [-0.1, -0.05) is 0 Å². The normalized spacial score (nSPS) is 12.2. The molecule has 7 heteroatoms. The number of rotatable bonds is 4. The van der Waals surface area contributed by atoms with Crippen molar-refractivity contribution in [3.8, 4) is 11.4 Å². The molecule has 1 amide bonds. The van der Waals surface area contributed by atoms with Gasteiger partial charge in [0.1, 0.15) is 6.04 Å². The van der Waals surface area contributed by atoms with Gasteiger partial charge in [-0.2, -0.15) is 5.10 Å². The highest BCUT2D eigenvalue weighted by molar-refractivity contribution is 7.71. The predicted molar refractivity (Wildman–Crippen MR) is 78.7 cm³/mol. The Hall–Kier alpha value is -2.02. The van der Waals surface area contributed by atoms with Gasteiger partial charge in [0.2, 0.25) is 5.91 Å². The third-order valence-corrected chi connectivity index (χ3v) is 3.53. The minimum atomic E-state index is -0.408. The van der Waals surface area contributed by atoms with Crippen LogP contribution in [-0.2, 0) is 4.79 Å². The lowest BCUT2D eigenvalue weighted by atomic mass is 10.2. The lowest BCUT2D eigenvalue weighted by Gasteiger charge is -2.21. The third-order valence-electron chi connectivity index (χ3n) is 3.24. The summed E-state index contributed by atoms with van der Waals surface area (Å²) in [5.74, 6) is 0.642. The summed E-state index contributed by atoms with van der Waals surface area (Å²) in [5, 5.41) is 6.97. The average Bonchev–Trinajstić information content (AvgIpc) is 2.87. The molecule has 1 N–H and O–H groups in total. The molecule has 0 spiro atoms. The first kappa shape index (κ1) is 14.4. The molecule has 0 aliphatic carbocycles. The molecule has 0 radical (unpaired) electrons. The van der Waals surface area contributed by atoms with Gasteiger partial charge in [0, 0.05) is 31.5 Å². The second-order valence-electron chi connectivity index (χ2n) is 4.49. The first-order chi connectivity index (χ1) is 9.56. The van der Waals surface area contributed by atoms with Crippen molar-refractivity contribution in [3.05, 3.63) is 29.3 Å². The minimum Gasteiger partial charge on any atom is -0.344 e. The van der Waals surface area contributed by atoms with Crippen LogP contribution in [0.2, 0.25) is 0 Å². The molecule has 2 aromatic rings. The highest BCUT2D eigenvalue weighted by atomic mass is 32.1. The number of likely N-dealkylation sites (N-methyl/N-ethyl adjacent to an activating group) is 1. The molecule has 2 rings (SSSR count). The van der Waals surface area contributed by atoms with Crippen LogP contribution in [0, 0.1) is 4.77 Å². The first-order valence-electron chi connectivity index (χ1n) is 6.38. The van der Waals surface area contributed by atoms with E-state index >= 15 is 0 Å². The van der Waals surface area contributed by atoms with E-state index in [2.05, 4.69) is 15.2 Å². The fourth-order valence-electron chi connectivity index (χ4n) is 1.95. The number of carbonyl (C=O) groups excluding carboxylic acids is 1. The Morgan fingerprint density at radius 2 is 2.15 bits per heavy atom. The summed E-state index contributed by atoms with van der Waals surface area (Å²) in [5.41, 5.74) is 0.867. The van der Waals surface area contributed by atoms with Crippen molar-refractivity contribution in [2.24, 2.45) is 0 Å². The molecule has 106 valence electrons. The number of nitrogens with one attached hydrogen (secondary N) is 1. The van der Waals surface area contributed by atoms with E-state index < -0.39 is 6.04 Å². The van der Waals surface area contributed by atoms with Crippen molar-refractivity contribution in [3.63, 3.8) is 0 Å². The Morgan fingerprint density at radius 1 is 1.50 bits per heavy atom. The van der Waals surface area contributed by atoms with Gasteiger partial charge in [0.15, 0.2) is 10.6 Å². The van der Waals surface area contributed by atoms with Crippen LogP contribution in [0.1, 0.15) is 19.9 Å². The lowest BCUT2D eigenvalue weighted by molar-refractivity contribution is -0.132. The summed E-state index contributed by atoms with van der Waals surface area (Å²) in [6, 6.07) is 3.26. The molecule has 0 saturated heterocycles. The van der Waals surface area contributed by atoms with Crippen LogP contribution in [-0.4, -0.2) is 44.1 Å². The van der Waals surface area contributed by atoms with Gasteiger partial charge in [0.05, 0.1) is 0 Å². The van der Waals surface area contributed by atoms with Crippen LogP contribution in [0.3, 0.4) is 0 Å². The Morgan fingerprint density at radius 3 is 2.75 bits per heavy atom. The first-order valence-corrected chi connectivity index (χ1v) is 6.79. The fraction of sp³-hybridized carbons (Fsp3) is 0.385. The molecular weight excluding hydrogens is 274 g/mol. The number of amides is 1. The van der Waals surface area contributed by atoms with Gasteiger partial charge in [0.25, 0.3) is 0 Å². The van der Waals surface area contributed by atoms with E-state index in [9.17, 15) is 4.79 Å². The molecule has 0 saturated carbocycles. The fourth-order valence-corrected chi connectivity index (χ4v) is 2.24. The smallest absolute Gasteiger partial charge is 0.245 e. The molecule has 2 aromatic heterocycles. The van der Waals surface area contributed by atoms with E-state index in [0.29, 0.717) is 17.1 Å². The van der Waals surface area contributed by atoms with Crippen LogP contribution < -0.4 is 0 Å². The van der Waals surface area contributed by atoms with Crippen molar-refractivity contribution in [2.75, 3.05) is 13.6 Å². The van der Waals surface area contributed by atoms with Gasteiger partial charge in [-0.25, -0.2) is 0 Å². The molecule has 1 atom stereocenters.